The van der Waals surface area contributed by atoms with E-state index in [1.54, 1.807) is 23.5 Å². The van der Waals surface area contributed by atoms with E-state index in [4.69, 9.17) is 10.1 Å². The maximum Gasteiger partial charge on any atom is 0.102 e. The Morgan fingerprint density at radius 1 is 1.62 bits per heavy atom. The topological polar surface area (TPSA) is 72.7 Å². The first-order valence-electron chi connectivity index (χ1n) is 4.74. The van der Waals surface area contributed by atoms with Gasteiger partial charge in [-0.15, -0.1) is 0 Å². The van der Waals surface area contributed by atoms with Gasteiger partial charge in [0.2, 0.25) is 0 Å². The van der Waals surface area contributed by atoms with E-state index in [2.05, 4.69) is 22.1 Å². The number of hydrazine groups is 1. The Morgan fingerprint density at radius 2 is 2.50 bits per heavy atom. The summed E-state index contributed by atoms with van der Waals surface area (Å²) in [6, 6.07) is 7.44. The van der Waals surface area contributed by atoms with Gasteiger partial charge in [-0.05, 0) is 18.2 Å². The van der Waals surface area contributed by atoms with Gasteiger partial charge < -0.3 is 0 Å². The van der Waals surface area contributed by atoms with Gasteiger partial charge in [0.05, 0.1) is 30.6 Å². The average Bonchev–Trinajstić information content (AvgIpc) is 2.83. The van der Waals surface area contributed by atoms with Gasteiger partial charge in [0, 0.05) is 6.21 Å². The van der Waals surface area contributed by atoms with Crippen LogP contribution in [0.3, 0.4) is 0 Å². The molecule has 2 N–H and O–H groups in total. The van der Waals surface area contributed by atoms with Crippen LogP contribution in [0.4, 0.5) is 11.4 Å². The fourth-order valence-corrected chi connectivity index (χ4v) is 1.43. The van der Waals surface area contributed by atoms with E-state index in [1.165, 1.54) is 7.11 Å². The van der Waals surface area contributed by atoms with Crippen LogP contribution in [0.5, 0.6) is 0 Å². The van der Waals surface area contributed by atoms with E-state index < -0.39 is 0 Å². The first-order valence-corrected chi connectivity index (χ1v) is 4.74. The maximum absolute atomic E-state index is 9.05. The Morgan fingerprint density at radius 3 is 3.12 bits per heavy atom. The highest BCUT2D eigenvalue weighted by atomic mass is 16.6. The summed E-state index contributed by atoms with van der Waals surface area (Å²) in [7, 11) is 1.52. The molecule has 1 heterocycles. The molecule has 6 nitrogen and oxygen atoms in total. The number of nitrogens with one attached hydrogen (secondary N) is 2. The normalized spacial score (nSPS) is 13.9. The molecule has 0 fully saturated rings. The molecule has 2 rings (SSSR count). The summed E-state index contributed by atoms with van der Waals surface area (Å²) in [6.07, 6.45) is 1.74. The van der Waals surface area contributed by atoms with Gasteiger partial charge in [0.25, 0.3) is 0 Å². The molecule has 0 atom stereocenters. The lowest BCUT2D eigenvalue weighted by Gasteiger charge is -2.16. The number of rotatable bonds is 3. The van der Waals surface area contributed by atoms with Crippen molar-refractivity contribution in [2.24, 2.45) is 5.10 Å². The number of nitriles is 1. The van der Waals surface area contributed by atoms with Crippen LogP contribution in [0.25, 0.3) is 0 Å². The smallest absolute Gasteiger partial charge is 0.102 e. The molecular weight excluding hydrogens is 206 g/mol. The second-order valence-corrected chi connectivity index (χ2v) is 3.12. The summed E-state index contributed by atoms with van der Waals surface area (Å²) < 4.78 is 0. The van der Waals surface area contributed by atoms with Crippen LogP contribution in [0.1, 0.15) is 5.56 Å². The molecule has 82 valence electrons. The van der Waals surface area contributed by atoms with Crippen LogP contribution in [0.2, 0.25) is 0 Å². The minimum absolute atomic E-state index is 0.522. The average molecular weight is 217 g/mol. The molecule has 1 aliphatic heterocycles. The zero-order valence-electron chi connectivity index (χ0n) is 8.77. The molecule has 0 saturated heterocycles. The highest BCUT2D eigenvalue weighted by molar-refractivity contribution is 5.70. The van der Waals surface area contributed by atoms with Gasteiger partial charge in [-0.25, -0.2) is 5.43 Å². The summed E-state index contributed by atoms with van der Waals surface area (Å²) in [5, 5.41) is 14.7. The van der Waals surface area contributed by atoms with Gasteiger partial charge in [-0.3, -0.25) is 10.3 Å². The van der Waals surface area contributed by atoms with Crippen molar-refractivity contribution in [1.82, 2.24) is 5.43 Å². The van der Waals surface area contributed by atoms with Crippen LogP contribution >= 0.6 is 0 Å². The van der Waals surface area contributed by atoms with Crippen molar-refractivity contribution in [3.05, 3.63) is 23.8 Å². The van der Waals surface area contributed by atoms with Crippen LogP contribution < -0.4 is 16.0 Å². The third kappa shape index (κ3) is 1.95. The number of nitrogens with zero attached hydrogens (tertiary/aromatic N) is 3. The van der Waals surface area contributed by atoms with Gasteiger partial charge in [0.15, 0.2) is 0 Å². The highest BCUT2D eigenvalue weighted by Crippen LogP contribution is 2.23. The number of anilines is 2. The molecule has 1 aromatic carbocycles. The second kappa shape index (κ2) is 4.61. The van der Waals surface area contributed by atoms with E-state index in [1.807, 2.05) is 6.07 Å². The SMILES string of the molecule is CONc1ccc(N2N=CCN2)c(C#N)c1. The van der Waals surface area contributed by atoms with E-state index >= 15 is 0 Å². The molecule has 1 aliphatic rings. The number of benzene rings is 1. The number of hydrogen-bond acceptors (Lipinski definition) is 6. The quantitative estimate of drug-likeness (QED) is 0.734. The highest BCUT2D eigenvalue weighted by Gasteiger charge is 2.13. The molecule has 0 aliphatic carbocycles. The van der Waals surface area contributed by atoms with Gasteiger partial charge in [-0.1, -0.05) is 0 Å². The van der Waals surface area contributed by atoms with Gasteiger partial charge in [-0.2, -0.15) is 15.5 Å². The molecule has 0 bridgehead atoms. The standard InChI is InChI=1S/C10H11N5O/c1-16-14-9-2-3-10(8(6-9)7-11)15-12-4-5-13-15/h2-4,6,13-14H,5H2,1H3. The first-order chi connectivity index (χ1) is 7.85. The minimum Gasteiger partial charge on any atom is -0.279 e. The second-order valence-electron chi connectivity index (χ2n) is 3.12. The van der Waals surface area contributed by atoms with Crippen LogP contribution in [0.15, 0.2) is 23.3 Å². The monoisotopic (exact) mass is 217 g/mol. The zero-order valence-corrected chi connectivity index (χ0v) is 8.77. The number of hydrazone groups is 1. The zero-order chi connectivity index (χ0) is 11.4. The summed E-state index contributed by atoms with van der Waals surface area (Å²) in [5.74, 6) is 0. The van der Waals surface area contributed by atoms with Gasteiger partial charge in [0.1, 0.15) is 6.07 Å². The Balaban J connectivity index is 2.31. The lowest BCUT2D eigenvalue weighted by Crippen LogP contribution is -2.28. The van der Waals surface area contributed by atoms with Crippen molar-refractivity contribution in [3.63, 3.8) is 0 Å². The molecule has 16 heavy (non-hydrogen) atoms. The molecule has 6 heteroatoms. The Labute approximate surface area is 93.0 Å². The Bertz CT molecular complexity index is 451. The van der Waals surface area contributed by atoms with E-state index in [0.29, 0.717) is 12.1 Å². The predicted molar refractivity (Wildman–Crippen MR) is 60.8 cm³/mol. The third-order valence-electron chi connectivity index (χ3n) is 2.09. The lowest BCUT2D eigenvalue weighted by molar-refractivity contribution is 0.271. The summed E-state index contributed by atoms with van der Waals surface area (Å²) in [5.41, 5.74) is 7.65. The molecular formula is C10H11N5O. The van der Waals surface area contributed by atoms with Crippen LogP contribution in [-0.2, 0) is 4.84 Å². The fraction of sp³-hybridized carbons (Fsp3) is 0.200. The van der Waals surface area contributed by atoms with Crippen molar-refractivity contribution in [2.75, 3.05) is 24.3 Å². The maximum atomic E-state index is 9.05. The summed E-state index contributed by atoms with van der Waals surface area (Å²) in [6.45, 7) is 0.670. The molecule has 0 aromatic heterocycles. The molecule has 0 unspecified atom stereocenters. The van der Waals surface area contributed by atoms with Crippen molar-refractivity contribution in [3.8, 4) is 6.07 Å². The molecule has 0 spiro atoms. The van der Waals surface area contributed by atoms with Crippen LogP contribution in [0, 0.1) is 11.3 Å². The molecule has 0 saturated carbocycles. The van der Waals surface area contributed by atoms with Gasteiger partial charge >= 0.3 is 0 Å². The van der Waals surface area contributed by atoms with Crippen molar-refractivity contribution in [1.29, 1.82) is 5.26 Å². The summed E-state index contributed by atoms with van der Waals surface area (Å²) >= 11 is 0. The van der Waals surface area contributed by atoms with Crippen molar-refractivity contribution >= 4 is 17.6 Å². The Kier molecular flexibility index (Phi) is 3.00. The number of hydrogen-bond donors (Lipinski definition) is 2. The van der Waals surface area contributed by atoms with Crippen LogP contribution in [-0.4, -0.2) is 19.9 Å². The summed E-state index contributed by atoms with van der Waals surface area (Å²) in [4.78, 5) is 4.77. The largest absolute Gasteiger partial charge is 0.279 e. The molecule has 0 amide bonds. The third-order valence-corrected chi connectivity index (χ3v) is 2.09. The Hall–Kier alpha value is -2.10. The van der Waals surface area contributed by atoms with E-state index in [0.717, 1.165) is 11.4 Å². The predicted octanol–water partition coefficient (Wildman–Crippen LogP) is 0.842. The fourth-order valence-electron chi connectivity index (χ4n) is 1.43. The first kappa shape index (κ1) is 10.4. The van der Waals surface area contributed by atoms with Crippen molar-refractivity contribution in [2.45, 2.75) is 0 Å². The minimum atomic E-state index is 0.522. The van der Waals surface area contributed by atoms with Crippen molar-refractivity contribution < 1.29 is 4.84 Å². The lowest BCUT2D eigenvalue weighted by atomic mass is 10.2. The molecule has 0 radical (unpaired) electrons. The molecule has 1 aromatic rings. The van der Waals surface area contributed by atoms with E-state index in [9.17, 15) is 0 Å². The van der Waals surface area contributed by atoms with E-state index in [-0.39, 0.29) is 0 Å².